The third kappa shape index (κ3) is 4.67. The highest BCUT2D eigenvalue weighted by atomic mass is 32.2. The topological polar surface area (TPSA) is 84.0 Å². The number of esters is 1. The summed E-state index contributed by atoms with van der Waals surface area (Å²) < 4.78 is 30.4. The molecule has 1 unspecified atom stereocenters. The molecular weight excluding hydrogens is 296 g/mol. The van der Waals surface area contributed by atoms with Crippen molar-refractivity contribution >= 4 is 21.9 Å². The molecule has 1 saturated heterocycles. The van der Waals surface area contributed by atoms with Gasteiger partial charge in [0.05, 0.1) is 12.4 Å². The van der Waals surface area contributed by atoms with Crippen LogP contribution < -0.4 is 0 Å². The molecule has 0 saturated carbocycles. The van der Waals surface area contributed by atoms with Crippen LogP contribution in [-0.4, -0.2) is 68.0 Å². The van der Waals surface area contributed by atoms with Crippen LogP contribution in [0, 0.1) is 0 Å². The van der Waals surface area contributed by atoms with Crippen molar-refractivity contribution in [2.45, 2.75) is 39.2 Å². The first-order chi connectivity index (χ1) is 9.83. The minimum absolute atomic E-state index is 0.0401. The fourth-order valence-corrected chi connectivity index (χ4v) is 4.17. The Kier molecular flexibility index (Phi) is 6.60. The fourth-order valence-electron chi connectivity index (χ4n) is 2.43. The van der Waals surface area contributed by atoms with E-state index in [2.05, 4.69) is 0 Å². The highest BCUT2D eigenvalue weighted by Gasteiger charge is 2.39. The second-order valence-corrected chi connectivity index (χ2v) is 7.13. The number of ether oxygens (including phenoxy) is 1. The maximum Gasteiger partial charge on any atom is 0.325 e. The van der Waals surface area contributed by atoms with Crippen LogP contribution in [0.5, 0.6) is 0 Å². The molecule has 0 spiro atoms. The van der Waals surface area contributed by atoms with E-state index in [9.17, 15) is 18.0 Å². The molecular formula is C13H24N2O5S. The Labute approximate surface area is 126 Å². The number of nitrogens with zero attached hydrogens (tertiary/aromatic N) is 2. The maximum atomic E-state index is 12.4. The summed E-state index contributed by atoms with van der Waals surface area (Å²) in [5, 5.41) is 0. The highest BCUT2D eigenvalue weighted by molar-refractivity contribution is 7.89. The molecule has 122 valence electrons. The zero-order valence-corrected chi connectivity index (χ0v) is 13.7. The van der Waals surface area contributed by atoms with Crippen molar-refractivity contribution in [1.82, 2.24) is 9.21 Å². The van der Waals surface area contributed by atoms with Crippen molar-refractivity contribution in [1.29, 1.82) is 0 Å². The van der Waals surface area contributed by atoms with Gasteiger partial charge in [0, 0.05) is 13.6 Å². The molecule has 1 atom stereocenters. The number of hydrogen-bond donors (Lipinski definition) is 0. The Balaban J connectivity index is 2.74. The van der Waals surface area contributed by atoms with E-state index in [4.69, 9.17) is 4.74 Å². The predicted octanol–water partition coefficient (Wildman–Crippen LogP) is 0.212. The molecule has 1 aliphatic heterocycles. The molecule has 1 fully saturated rings. The molecule has 0 aromatic carbocycles. The van der Waals surface area contributed by atoms with Gasteiger partial charge in [0.1, 0.15) is 12.6 Å². The van der Waals surface area contributed by atoms with Gasteiger partial charge in [0.2, 0.25) is 15.9 Å². The predicted molar refractivity (Wildman–Crippen MR) is 78.1 cm³/mol. The highest BCUT2D eigenvalue weighted by Crippen LogP contribution is 2.23. The largest absolute Gasteiger partial charge is 0.465 e. The molecule has 21 heavy (non-hydrogen) atoms. The summed E-state index contributed by atoms with van der Waals surface area (Å²) >= 11 is 0. The van der Waals surface area contributed by atoms with E-state index in [1.165, 1.54) is 16.3 Å². The Morgan fingerprint density at radius 3 is 2.57 bits per heavy atom. The zero-order chi connectivity index (χ0) is 16.0. The smallest absolute Gasteiger partial charge is 0.325 e. The molecule has 0 aliphatic carbocycles. The minimum atomic E-state index is -3.41. The van der Waals surface area contributed by atoms with Crippen LogP contribution >= 0.6 is 0 Å². The zero-order valence-electron chi connectivity index (χ0n) is 12.9. The molecule has 0 aromatic heterocycles. The molecule has 1 rings (SSSR count). The first-order valence-corrected chi connectivity index (χ1v) is 8.84. The first-order valence-electron chi connectivity index (χ1n) is 7.23. The second kappa shape index (κ2) is 7.74. The van der Waals surface area contributed by atoms with E-state index in [-0.39, 0.29) is 24.8 Å². The second-order valence-electron chi connectivity index (χ2n) is 5.08. The van der Waals surface area contributed by atoms with Crippen LogP contribution in [0.2, 0.25) is 0 Å². The SMILES string of the molecule is CCCS(=O)(=O)N1CCCC1C(=O)N(C)CC(=O)OCC. The summed E-state index contributed by atoms with van der Waals surface area (Å²) in [5.74, 6) is -0.798. The minimum Gasteiger partial charge on any atom is -0.465 e. The van der Waals surface area contributed by atoms with Gasteiger partial charge >= 0.3 is 5.97 Å². The summed E-state index contributed by atoms with van der Waals surface area (Å²) in [6.45, 7) is 3.94. The standard InChI is InChI=1S/C13H24N2O5S/c1-4-9-21(18,19)15-8-6-7-11(15)13(17)14(3)10-12(16)20-5-2/h11H,4-10H2,1-3H3. The van der Waals surface area contributed by atoms with Crippen molar-refractivity contribution < 1.29 is 22.7 Å². The van der Waals surface area contributed by atoms with E-state index < -0.39 is 22.0 Å². The van der Waals surface area contributed by atoms with Crippen molar-refractivity contribution in [3.63, 3.8) is 0 Å². The fraction of sp³-hybridized carbons (Fsp3) is 0.846. The molecule has 0 N–H and O–H groups in total. The van der Waals surface area contributed by atoms with Gasteiger partial charge in [-0.05, 0) is 26.2 Å². The van der Waals surface area contributed by atoms with Crippen molar-refractivity contribution in [3.8, 4) is 0 Å². The number of carbonyl (C=O) groups is 2. The van der Waals surface area contributed by atoms with Crippen molar-refractivity contribution in [2.24, 2.45) is 0 Å². The Morgan fingerprint density at radius 1 is 1.33 bits per heavy atom. The number of hydrogen-bond acceptors (Lipinski definition) is 5. The lowest BCUT2D eigenvalue weighted by Crippen LogP contribution is -2.48. The number of sulfonamides is 1. The van der Waals surface area contributed by atoms with Crippen LogP contribution in [0.15, 0.2) is 0 Å². The van der Waals surface area contributed by atoms with E-state index in [1.54, 1.807) is 13.8 Å². The first kappa shape index (κ1) is 17.9. The van der Waals surface area contributed by atoms with Gasteiger partial charge in [0.25, 0.3) is 0 Å². The van der Waals surface area contributed by atoms with E-state index in [0.29, 0.717) is 25.8 Å². The normalized spacial score (nSPS) is 19.5. The third-order valence-electron chi connectivity index (χ3n) is 3.36. The molecule has 0 radical (unpaired) electrons. The molecule has 8 heteroatoms. The summed E-state index contributed by atoms with van der Waals surface area (Å²) in [5.41, 5.74) is 0. The monoisotopic (exact) mass is 320 g/mol. The van der Waals surface area contributed by atoms with Crippen LogP contribution in [0.4, 0.5) is 0 Å². The lowest BCUT2D eigenvalue weighted by Gasteiger charge is -2.26. The number of amides is 1. The summed E-state index contributed by atoms with van der Waals surface area (Å²) in [4.78, 5) is 25.0. The average Bonchev–Trinajstić information content (AvgIpc) is 2.87. The van der Waals surface area contributed by atoms with Crippen LogP contribution in [0.25, 0.3) is 0 Å². The molecule has 0 aromatic rings. The quantitative estimate of drug-likeness (QED) is 0.626. The Bertz CT molecular complexity index is 477. The maximum absolute atomic E-state index is 12.4. The molecule has 1 aliphatic rings. The summed E-state index contributed by atoms with van der Waals surface area (Å²) in [6, 6.07) is -0.694. The number of likely N-dealkylation sites (N-methyl/N-ethyl adjacent to an activating group) is 1. The number of carbonyl (C=O) groups excluding carboxylic acids is 2. The molecule has 7 nitrogen and oxygen atoms in total. The van der Waals surface area contributed by atoms with Crippen LogP contribution in [-0.2, 0) is 24.3 Å². The van der Waals surface area contributed by atoms with Gasteiger partial charge in [-0.25, -0.2) is 8.42 Å². The van der Waals surface area contributed by atoms with Crippen LogP contribution in [0.1, 0.15) is 33.1 Å². The van der Waals surface area contributed by atoms with E-state index in [1.807, 2.05) is 0 Å². The van der Waals surface area contributed by atoms with E-state index >= 15 is 0 Å². The van der Waals surface area contributed by atoms with Crippen molar-refractivity contribution in [2.75, 3.05) is 32.5 Å². The Morgan fingerprint density at radius 2 is 2.00 bits per heavy atom. The van der Waals surface area contributed by atoms with Gasteiger partial charge < -0.3 is 9.64 Å². The van der Waals surface area contributed by atoms with Gasteiger partial charge in [-0.2, -0.15) is 4.31 Å². The van der Waals surface area contributed by atoms with Crippen LogP contribution in [0.3, 0.4) is 0 Å². The number of rotatable bonds is 7. The van der Waals surface area contributed by atoms with Gasteiger partial charge in [-0.15, -0.1) is 0 Å². The van der Waals surface area contributed by atoms with E-state index in [0.717, 1.165) is 0 Å². The molecule has 0 bridgehead atoms. The molecule has 1 heterocycles. The van der Waals surface area contributed by atoms with Crippen molar-refractivity contribution in [3.05, 3.63) is 0 Å². The van der Waals surface area contributed by atoms with Gasteiger partial charge in [0.15, 0.2) is 0 Å². The van der Waals surface area contributed by atoms with Gasteiger partial charge in [-0.1, -0.05) is 6.92 Å². The Hall–Kier alpha value is -1.15. The average molecular weight is 320 g/mol. The summed E-state index contributed by atoms with van der Waals surface area (Å²) in [7, 11) is -1.92. The molecule has 1 amide bonds. The van der Waals surface area contributed by atoms with Gasteiger partial charge in [-0.3, -0.25) is 9.59 Å². The third-order valence-corrected chi connectivity index (χ3v) is 5.43. The lowest BCUT2D eigenvalue weighted by atomic mass is 10.2. The lowest BCUT2D eigenvalue weighted by molar-refractivity contribution is -0.149. The summed E-state index contributed by atoms with van der Waals surface area (Å²) in [6.07, 6.45) is 1.67.